The van der Waals surface area contributed by atoms with E-state index in [-0.39, 0.29) is 5.41 Å². The Morgan fingerprint density at radius 1 is 0.960 bits per heavy atom. The molecule has 0 aliphatic rings. The first-order valence-corrected chi connectivity index (χ1v) is 9.28. The predicted molar refractivity (Wildman–Crippen MR) is 107 cm³/mol. The lowest BCUT2D eigenvalue weighted by molar-refractivity contribution is 0.0636. The Balaban J connectivity index is 1.88. The summed E-state index contributed by atoms with van der Waals surface area (Å²) < 4.78 is 5.24. The molecule has 0 aliphatic heterocycles. The topological polar surface area (TPSA) is 50.4 Å². The van der Waals surface area contributed by atoms with Gasteiger partial charge in [0.1, 0.15) is 5.60 Å². The van der Waals surface area contributed by atoms with Gasteiger partial charge in [-0.05, 0) is 62.6 Å². The standard InChI is InChI=1S/C20H28N2O2S/c1-19(2,3)17-12-11-16(25-17)13-21-14-7-9-15(10-8-14)22-18(23)24-20(4,5)6/h7-12,21H,13H2,1-6H3,(H,22,23). The van der Waals surface area contributed by atoms with Crippen LogP contribution in [0.4, 0.5) is 16.2 Å². The summed E-state index contributed by atoms with van der Waals surface area (Å²) in [5.41, 5.74) is 1.42. The molecule has 1 amide bonds. The van der Waals surface area contributed by atoms with E-state index in [1.807, 2.05) is 56.4 Å². The minimum Gasteiger partial charge on any atom is -0.444 e. The highest BCUT2D eigenvalue weighted by Gasteiger charge is 2.17. The molecule has 2 rings (SSSR count). The number of anilines is 2. The first-order valence-electron chi connectivity index (χ1n) is 8.46. The van der Waals surface area contributed by atoms with Crippen molar-refractivity contribution in [1.29, 1.82) is 0 Å². The Labute approximate surface area is 154 Å². The fraction of sp³-hybridized carbons (Fsp3) is 0.450. The molecule has 1 heterocycles. The quantitative estimate of drug-likeness (QED) is 0.702. The van der Waals surface area contributed by atoms with Crippen LogP contribution in [0.3, 0.4) is 0 Å². The Hall–Kier alpha value is -2.01. The predicted octanol–water partition coefficient (Wildman–Crippen LogP) is 6.00. The molecule has 0 radical (unpaired) electrons. The largest absolute Gasteiger partial charge is 0.444 e. The van der Waals surface area contributed by atoms with Gasteiger partial charge in [-0.25, -0.2) is 4.79 Å². The van der Waals surface area contributed by atoms with E-state index in [0.717, 1.165) is 12.2 Å². The van der Waals surface area contributed by atoms with Crippen molar-refractivity contribution in [3.8, 4) is 0 Å². The fourth-order valence-electron chi connectivity index (χ4n) is 2.16. The molecule has 2 N–H and O–H groups in total. The van der Waals surface area contributed by atoms with E-state index in [0.29, 0.717) is 5.69 Å². The second kappa shape index (κ2) is 7.48. The molecule has 1 aromatic heterocycles. The molecule has 0 fully saturated rings. The van der Waals surface area contributed by atoms with Crippen LogP contribution in [-0.4, -0.2) is 11.7 Å². The molecule has 5 heteroatoms. The molecule has 25 heavy (non-hydrogen) atoms. The molecule has 0 spiro atoms. The number of nitrogens with one attached hydrogen (secondary N) is 2. The zero-order chi connectivity index (χ0) is 18.7. The first-order chi connectivity index (χ1) is 11.5. The maximum atomic E-state index is 11.8. The summed E-state index contributed by atoms with van der Waals surface area (Å²) in [7, 11) is 0. The number of ether oxygens (including phenoxy) is 1. The molecule has 0 bridgehead atoms. The van der Waals surface area contributed by atoms with E-state index in [2.05, 4.69) is 43.5 Å². The molecule has 4 nitrogen and oxygen atoms in total. The van der Waals surface area contributed by atoms with Gasteiger partial charge in [0, 0.05) is 27.7 Å². The number of amides is 1. The van der Waals surface area contributed by atoms with Crippen molar-refractivity contribution < 1.29 is 9.53 Å². The summed E-state index contributed by atoms with van der Waals surface area (Å²) in [6.45, 7) is 13.0. The van der Waals surface area contributed by atoms with Crippen LogP contribution in [0.1, 0.15) is 51.3 Å². The van der Waals surface area contributed by atoms with Gasteiger partial charge in [-0.15, -0.1) is 11.3 Å². The van der Waals surface area contributed by atoms with Gasteiger partial charge in [0.25, 0.3) is 0 Å². The third-order valence-electron chi connectivity index (χ3n) is 3.40. The second-order valence-corrected chi connectivity index (χ2v) is 9.24. The van der Waals surface area contributed by atoms with Crippen molar-refractivity contribution >= 4 is 28.8 Å². The number of hydrogen-bond acceptors (Lipinski definition) is 4. The highest BCUT2D eigenvalue weighted by Crippen LogP contribution is 2.29. The zero-order valence-electron chi connectivity index (χ0n) is 15.9. The van der Waals surface area contributed by atoms with E-state index in [1.165, 1.54) is 9.75 Å². The highest BCUT2D eigenvalue weighted by molar-refractivity contribution is 7.12. The van der Waals surface area contributed by atoms with Gasteiger partial charge in [0.05, 0.1) is 0 Å². The Kier molecular flexibility index (Phi) is 5.78. The lowest BCUT2D eigenvalue weighted by Crippen LogP contribution is -2.27. The minimum atomic E-state index is -0.502. The third kappa shape index (κ3) is 6.42. The summed E-state index contributed by atoms with van der Waals surface area (Å²) in [5.74, 6) is 0. The summed E-state index contributed by atoms with van der Waals surface area (Å²) >= 11 is 1.84. The molecule has 0 saturated carbocycles. The number of benzene rings is 1. The van der Waals surface area contributed by atoms with Crippen molar-refractivity contribution in [2.45, 2.75) is 59.1 Å². The Morgan fingerprint density at radius 2 is 1.56 bits per heavy atom. The van der Waals surface area contributed by atoms with Crippen LogP contribution in [0.2, 0.25) is 0 Å². The molecule has 0 saturated heterocycles. The number of carbonyl (C=O) groups excluding carboxylic acids is 1. The minimum absolute atomic E-state index is 0.192. The van der Waals surface area contributed by atoms with Gasteiger partial charge < -0.3 is 10.1 Å². The van der Waals surface area contributed by atoms with E-state index in [4.69, 9.17) is 4.74 Å². The Bertz CT molecular complexity index is 707. The van der Waals surface area contributed by atoms with Crippen LogP contribution in [0.15, 0.2) is 36.4 Å². The van der Waals surface area contributed by atoms with Crippen LogP contribution in [0.25, 0.3) is 0 Å². The van der Waals surface area contributed by atoms with Gasteiger partial charge in [0.2, 0.25) is 0 Å². The first kappa shape index (κ1) is 19.3. The molecule has 2 aromatic rings. The van der Waals surface area contributed by atoms with Gasteiger partial charge in [-0.2, -0.15) is 0 Å². The molecule has 1 aromatic carbocycles. The lowest BCUT2D eigenvalue weighted by atomic mass is 9.95. The van der Waals surface area contributed by atoms with Crippen molar-refractivity contribution in [3.63, 3.8) is 0 Å². The molecule has 0 aliphatic carbocycles. The van der Waals surface area contributed by atoms with Gasteiger partial charge in [0.15, 0.2) is 0 Å². The number of carbonyl (C=O) groups is 1. The van der Waals surface area contributed by atoms with Crippen LogP contribution in [-0.2, 0) is 16.7 Å². The van der Waals surface area contributed by atoms with Crippen molar-refractivity contribution in [2.24, 2.45) is 0 Å². The maximum Gasteiger partial charge on any atom is 0.412 e. The van der Waals surface area contributed by atoms with Gasteiger partial charge in [-0.1, -0.05) is 20.8 Å². The lowest BCUT2D eigenvalue weighted by Gasteiger charge is -2.19. The fourth-order valence-corrected chi connectivity index (χ4v) is 3.16. The second-order valence-electron chi connectivity index (χ2n) is 8.07. The van der Waals surface area contributed by atoms with E-state index < -0.39 is 11.7 Å². The number of thiophene rings is 1. The summed E-state index contributed by atoms with van der Waals surface area (Å²) in [4.78, 5) is 14.5. The molecular formula is C20H28N2O2S. The van der Waals surface area contributed by atoms with E-state index in [1.54, 1.807) is 0 Å². The van der Waals surface area contributed by atoms with E-state index in [9.17, 15) is 4.79 Å². The zero-order valence-corrected chi connectivity index (χ0v) is 16.7. The van der Waals surface area contributed by atoms with Crippen molar-refractivity contribution in [1.82, 2.24) is 0 Å². The highest BCUT2D eigenvalue weighted by atomic mass is 32.1. The molecule has 0 atom stereocenters. The SMILES string of the molecule is CC(C)(C)OC(=O)Nc1ccc(NCc2ccc(C(C)(C)C)s2)cc1. The number of hydrogen-bond donors (Lipinski definition) is 2. The Morgan fingerprint density at radius 3 is 2.08 bits per heavy atom. The summed E-state index contributed by atoms with van der Waals surface area (Å²) in [6, 6.07) is 12.0. The molecular weight excluding hydrogens is 332 g/mol. The number of rotatable bonds is 4. The van der Waals surface area contributed by atoms with Gasteiger partial charge >= 0.3 is 6.09 Å². The van der Waals surface area contributed by atoms with Crippen LogP contribution in [0, 0.1) is 0 Å². The van der Waals surface area contributed by atoms with Crippen LogP contribution >= 0.6 is 11.3 Å². The summed E-state index contributed by atoms with van der Waals surface area (Å²) in [6.07, 6.45) is -0.443. The third-order valence-corrected chi connectivity index (χ3v) is 4.91. The van der Waals surface area contributed by atoms with Crippen LogP contribution in [0.5, 0.6) is 0 Å². The van der Waals surface area contributed by atoms with Crippen LogP contribution < -0.4 is 10.6 Å². The van der Waals surface area contributed by atoms with E-state index >= 15 is 0 Å². The molecule has 136 valence electrons. The molecule has 0 unspecified atom stereocenters. The smallest absolute Gasteiger partial charge is 0.412 e. The average molecular weight is 361 g/mol. The monoisotopic (exact) mass is 360 g/mol. The van der Waals surface area contributed by atoms with Crippen molar-refractivity contribution in [2.75, 3.05) is 10.6 Å². The average Bonchev–Trinajstić information content (AvgIpc) is 2.93. The summed E-state index contributed by atoms with van der Waals surface area (Å²) in [5, 5.41) is 6.14. The maximum absolute atomic E-state index is 11.8. The normalized spacial score (nSPS) is 11.9. The van der Waals surface area contributed by atoms with Crippen molar-refractivity contribution in [3.05, 3.63) is 46.2 Å². The van der Waals surface area contributed by atoms with Gasteiger partial charge in [-0.3, -0.25) is 5.32 Å².